The molecule has 0 aromatic heterocycles. The van der Waals surface area contributed by atoms with Crippen LogP contribution in [0.25, 0.3) is 0 Å². The summed E-state index contributed by atoms with van der Waals surface area (Å²) in [5.41, 5.74) is 2.92. The third-order valence-corrected chi connectivity index (χ3v) is 3.34. The minimum Gasteiger partial charge on any atom is -0.545 e. The number of carbonyl (C=O) groups excluding carboxylic acids is 2. The number of carbonyl (C=O) groups is 2. The molecule has 2 aromatic rings. The summed E-state index contributed by atoms with van der Waals surface area (Å²) in [6, 6.07) is 11.4. The molecule has 0 bridgehead atoms. The normalized spacial score (nSPS) is 10.1. The molecule has 1 N–H and O–H groups in total. The molecule has 5 nitrogen and oxygen atoms in total. The molecule has 0 fully saturated rings. The van der Waals surface area contributed by atoms with Crippen molar-refractivity contribution in [2.45, 2.75) is 13.8 Å². The Balaban J connectivity index is 1.92. The van der Waals surface area contributed by atoms with Gasteiger partial charge >= 0.3 is 0 Å². The van der Waals surface area contributed by atoms with E-state index >= 15 is 0 Å². The number of aryl methyl sites for hydroxylation is 1. The largest absolute Gasteiger partial charge is 0.545 e. The summed E-state index contributed by atoms with van der Waals surface area (Å²) in [7, 11) is 0. The van der Waals surface area contributed by atoms with Crippen molar-refractivity contribution in [1.29, 1.82) is 0 Å². The Morgan fingerprint density at radius 3 is 2.41 bits per heavy atom. The lowest BCUT2D eigenvalue weighted by molar-refractivity contribution is -0.255. The zero-order chi connectivity index (χ0) is 16.1. The Morgan fingerprint density at radius 1 is 1.09 bits per heavy atom. The van der Waals surface area contributed by atoms with E-state index in [-0.39, 0.29) is 18.1 Å². The van der Waals surface area contributed by atoms with Gasteiger partial charge in [-0.25, -0.2) is 0 Å². The predicted octanol–water partition coefficient (Wildman–Crippen LogP) is 1.68. The van der Waals surface area contributed by atoms with Gasteiger partial charge in [0.25, 0.3) is 5.91 Å². The summed E-state index contributed by atoms with van der Waals surface area (Å²) >= 11 is 0. The highest BCUT2D eigenvalue weighted by molar-refractivity contribution is 5.92. The molecule has 0 saturated carbocycles. The summed E-state index contributed by atoms with van der Waals surface area (Å²) < 4.78 is 5.32. The second-order valence-corrected chi connectivity index (χ2v) is 4.90. The second-order valence-electron chi connectivity index (χ2n) is 4.90. The van der Waals surface area contributed by atoms with E-state index < -0.39 is 5.97 Å². The average molecular weight is 298 g/mol. The van der Waals surface area contributed by atoms with Crippen LogP contribution in [0.3, 0.4) is 0 Å². The minimum atomic E-state index is -1.25. The number of benzene rings is 2. The van der Waals surface area contributed by atoms with Crippen LogP contribution in [-0.2, 0) is 4.79 Å². The topological polar surface area (TPSA) is 78.5 Å². The van der Waals surface area contributed by atoms with Crippen LogP contribution in [-0.4, -0.2) is 18.5 Å². The number of rotatable bonds is 5. The highest BCUT2D eigenvalue weighted by atomic mass is 16.5. The van der Waals surface area contributed by atoms with Crippen molar-refractivity contribution in [3.8, 4) is 5.75 Å². The molecule has 0 atom stereocenters. The second kappa shape index (κ2) is 6.76. The van der Waals surface area contributed by atoms with Crippen molar-refractivity contribution in [2.24, 2.45) is 0 Å². The van der Waals surface area contributed by atoms with E-state index in [1.807, 2.05) is 32.0 Å². The monoisotopic (exact) mass is 298 g/mol. The standard InChI is InChI=1S/C17H17NO4/c1-11-4-3-5-15(12(11)2)18-16(19)10-22-14-8-6-13(7-9-14)17(20)21/h3-9H,10H2,1-2H3,(H,18,19)(H,20,21)/p-1. The fourth-order valence-corrected chi connectivity index (χ4v) is 1.91. The van der Waals surface area contributed by atoms with E-state index in [1.54, 1.807) is 0 Å². The number of carboxylic acid groups (broad SMARTS) is 1. The van der Waals surface area contributed by atoms with Gasteiger partial charge in [-0.2, -0.15) is 0 Å². The van der Waals surface area contributed by atoms with Gasteiger partial charge in [0.15, 0.2) is 6.61 Å². The zero-order valence-corrected chi connectivity index (χ0v) is 12.4. The van der Waals surface area contributed by atoms with Gasteiger partial charge in [0.05, 0.1) is 5.97 Å². The van der Waals surface area contributed by atoms with E-state index in [0.717, 1.165) is 16.8 Å². The Kier molecular flexibility index (Phi) is 4.78. The maximum absolute atomic E-state index is 11.9. The van der Waals surface area contributed by atoms with E-state index in [1.165, 1.54) is 24.3 Å². The van der Waals surface area contributed by atoms with Crippen LogP contribution in [0.4, 0.5) is 5.69 Å². The Bertz CT molecular complexity index is 692. The molecule has 2 rings (SSSR count). The Hall–Kier alpha value is -2.82. The number of nitrogens with one attached hydrogen (secondary N) is 1. The number of ether oxygens (including phenoxy) is 1. The van der Waals surface area contributed by atoms with Crippen molar-refractivity contribution in [2.75, 3.05) is 11.9 Å². The molecule has 0 aliphatic heterocycles. The molecule has 0 saturated heterocycles. The van der Waals surface area contributed by atoms with E-state index in [0.29, 0.717) is 5.75 Å². The summed E-state index contributed by atoms with van der Waals surface area (Å²) in [5, 5.41) is 13.4. The molecule has 0 spiro atoms. The molecule has 114 valence electrons. The molecule has 0 radical (unpaired) electrons. The summed E-state index contributed by atoms with van der Waals surface area (Å²) in [6.07, 6.45) is 0. The highest BCUT2D eigenvalue weighted by Gasteiger charge is 2.07. The van der Waals surface area contributed by atoms with Gasteiger partial charge in [-0.05, 0) is 60.9 Å². The lowest BCUT2D eigenvalue weighted by Crippen LogP contribution is -2.22. The van der Waals surface area contributed by atoms with Crippen molar-refractivity contribution in [3.05, 3.63) is 59.2 Å². The van der Waals surface area contributed by atoms with Gasteiger partial charge in [-0.15, -0.1) is 0 Å². The smallest absolute Gasteiger partial charge is 0.262 e. The van der Waals surface area contributed by atoms with Gasteiger partial charge in [0, 0.05) is 5.69 Å². The van der Waals surface area contributed by atoms with E-state index in [2.05, 4.69) is 5.32 Å². The molecular formula is C17H16NO4-. The number of anilines is 1. The quantitative estimate of drug-likeness (QED) is 0.911. The first-order valence-corrected chi connectivity index (χ1v) is 6.77. The summed E-state index contributed by atoms with van der Waals surface area (Å²) in [6.45, 7) is 3.75. The molecule has 2 aromatic carbocycles. The number of aromatic carboxylic acids is 1. The number of hydrogen-bond acceptors (Lipinski definition) is 4. The van der Waals surface area contributed by atoms with Crippen LogP contribution in [0.2, 0.25) is 0 Å². The molecule has 1 amide bonds. The fourth-order valence-electron chi connectivity index (χ4n) is 1.91. The van der Waals surface area contributed by atoms with Crippen LogP contribution in [0.15, 0.2) is 42.5 Å². The van der Waals surface area contributed by atoms with Crippen molar-refractivity contribution in [1.82, 2.24) is 0 Å². The van der Waals surface area contributed by atoms with Gasteiger partial charge < -0.3 is 20.0 Å². The average Bonchev–Trinajstić information content (AvgIpc) is 2.50. The molecule has 0 aliphatic carbocycles. The number of amides is 1. The lowest BCUT2D eigenvalue weighted by atomic mass is 10.1. The lowest BCUT2D eigenvalue weighted by Gasteiger charge is -2.11. The van der Waals surface area contributed by atoms with Gasteiger partial charge in [0.2, 0.25) is 0 Å². The number of carboxylic acids is 1. The van der Waals surface area contributed by atoms with Crippen LogP contribution < -0.4 is 15.2 Å². The Labute approximate surface area is 128 Å². The van der Waals surface area contributed by atoms with Crippen LogP contribution in [0.1, 0.15) is 21.5 Å². The molecule has 22 heavy (non-hydrogen) atoms. The van der Waals surface area contributed by atoms with Crippen molar-refractivity contribution >= 4 is 17.6 Å². The third-order valence-electron chi connectivity index (χ3n) is 3.34. The van der Waals surface area contributed by atoms with Crippen molar-refractivity contribution in [3.63, 3.8) is 0 Å². The minimum absolute atomic E-state index is 0.0622. The first-order chi connectivity index (χ1) is 10.5. The maximum atomic E-state index is 11.9. The van der Waals surface area contributed by atoms with E-state index in [4.69, 9.17) is 4.74 Å². The summed E-state index contributed by atoms with van der Waals surface area (Å²) in [4.78, 5) is 22.5. The summed E-state index contributed by atoms with van der Waals surface area (Å²) in [5.74, 6) is -1.11. The molecular weight excluding hydrogens is 282 g/mol. The molecule has 0 unspecified atom stereocenters. The highest BCUT2D eigenvalue weighted by Crippen LogP contribution is 2.18. The molecule has 0 aliphatic rings. The van der Waals surface area contributed by atoms with Crippen LogP contribution >= 0.6 is 0 Å². The Morgan fingerprint density at radius 2 is 1.77 bits per heavy atom. The first kappa shape index (κ1) is 15.6. The molecule has 5 heteroatoms. The predicted molar refractivity (Wildman–Crippen MR) is 80.8 cm³/mol. The first-order valence-electron chi connectivity index (χ1n) is 6.77. The van der Waals surface area contributed by atoms with Gasteiger partial charge in [0.1, 0.15) is 5.75 Å². The fraction of sp³-hybridized carbons (Fsp3) is 0.176. The van der Waals surface area contributed by atoms with Crippen LogP contribution in [0.5, 0.6) is 5.75 Å². The van der Waals surface area contributed by atoms with Crippen molar-refractivity contribution < 1.29 is 19.4 Å². The molecule has 0 heterocycles. The maximum Gasteiger partial charge on any atom is 0.262 e. The number of hydrogen-bond donors (Lipinski definition) is 1. The SMILES string of the molecule is Cc1cccc(NC(=O)COc2ccc(C(=O)[O-])cc2)c1C. The van der Waals surface area contributed by atoms with E-state index in [9.17, 15) is 14.7 Å². The zero-order valence-electron chi connectivity index (χ0n) is 12.4. The van der Waals surface area contributed by atoms with Gasteiger partial charge in [-0.1, -0.05) is 12.1 Å². The van der Waals surface area contributed by atoms with Crippen LogP contribution in [0, 0.1) is 13.8 Å². The van der Waals surface area contributed by atoms with Gasteiger partial charge in [-0.3, -0.25) is 4.79 Å². The third kappa shape index (κ3) is 3.85.